The van der Waals surface area contributed by atoms with E-state index in [-0.39, 0.29) is 18.2 Å². The summed E-state index contributed by atoms with van der Waals surface area (Å²) in [5, 5.41) is 4.19. The molecule has 166 valence electrons. The minimum Gasteiger partial charge on any atom is -0.444 e. The number of amides is 1. The van der Waals surface area contributed by atoms with E-state index in [1.54, 1.807) is 21.7 Å². The molecule has 1 aromatic carbocycles. The summed E-state index contributed by atoms with van der Waals surface area (Å²) in [6.07, 6.45) is 4.44. The molecule has 1 amide bonds. The number of aromatic nitrogens is 3. The highest BCUT2D eigenvalue weighted by atomic mass is 19.1. The van der Waals surface area contributed by atoms with Crippen molar-refractivity contribution in [3.63, 3.8) is 0 Å². The zero-order chi connectivity index (χ0) is 22.6. The van der Waals surface area contributed by atoms with Crippen LogP contribution < -0.4 is 10.5 Å². The molecule has 2 aromatic heterocycles. The van der Waals surface area contributed by atoms with Crippen molar-refractivity contribution in [1.82, 2.24) is 19.5 Å². The molecule has 0 aliphatic rings. The van der Waals surface area contributed by atoms with E-state index in [0.717, 1.165) is 18.4 Å². The summed E-state index contributed by atoms with van der Waals surface area (Å²) in [6.45, 7) is 8.37. The molecule has 0 bridgehead atoms. The number of hydrogen-bond acceptors (Lipinski definition) is 6. The molecule has 2 heterocycles. The van der Waals surface area contributed by atoms with Crippen LogP contribution in [0.25, 0.3) is 5.52 Å². The molecule has 8 nitrogen and oxygen atoms in total. The fraction of sp³-hybridized carbons (Fsp3) is 0.409. The number of carbonyl (C=O) groups is 1. The molecular formula is C22H28FN5O3. The molecule has 31 heavy (non-hydrogen) atoms. The molecule has 0 spiro atoms. The Hall–Kier alpha value is -3.36. The summed E-state index contributed by atoms with van der Waals surface area (Å²) in [5.74, 6) is -0.418. The van der Waals surface area contributed by atoms with Crippen molar-refractivity contribution in [3.8, 4) is 11.6 Å². The number of nitrogens with zero attached hydrogens (tertiary/aromatic N) is 4. The summed E-state index contributed by atoms with van der Waals surface area (Å²) in [7, 11) is 0. The van der Waals surface area contributed by atoms with E-state index in [0.29, 0.717) is 17.7 Å². The van der Waals surface area contributed by atoms with Gasteiger partial charge >= 0.3 is 6.09 Å². The number of hydrogen-bond donors (Lipinski definition) is 1. The summed E-state index contributed by atoms with van der Waals surface area (Å²) >= 11 is 0. The van der Waals surface area contributed by atoms with E-state index in [2.05, 4.69) is 17.0 Å². The molecule has 0 atom stereocenters. The van der Waals surface area contributed by atoms with Crippen LogP contribution in [0.15, 0.2) is 36.8 Å². The first-order valence-electron chi connectivity index (χ1n) is 10.2. The summed E-state index contributed by atoms with van der Waals surface area (Å²) in [5.41, 5.74) is 6.61. The lowest BCUT2D eigenvalue weighted by molar-refractivity contribution is 0.0232. The van der Waals surface area contributed by atoms with Crippen LogP contribution in [0.1, 0.15) is 46.1 Å². The fourth-order valence-corrected chi connectivity index (χ4v) is 3.01. The smallest absolute Gasteiger partial charge is 0.410 e. The van der Waals surface area contributed by atoms with Crippen LogP contribution in [0.5, 0.6) is 11.6 Å². The van der Waals surface area contributed by atoms with E-state index in [1.807, 2.05) is 26.8 Å². The van der Waals surface area contributed by atoms with Crippen LogP contribution in [0.2, 0.25) is 0 Å². The number of benzene rings is 1. The summed E-state index contributed by atoms with van der Waals surface area (Å²) in [4.78, 5) is 18.6. The number of rotatable bonds is 7. The minimum absolute atomic E-state index is 0.00284. The van der Waals surface area contributed by atoms with Crippen molar-refractivity contribution in [2.75, 3.05) is 12.3 Å². The van der Waals surface area contributed by atoms with Gasteiger partial charge in [-0.1, -0.05) is 13.3 Å². The van der Waals surface area contributed by atoms with Gasteiger partial charge in [0.1, 0.15) is 17.4 Å². The van der Waals surface area contributed by atoms with Crippen LogP contribution in [-0.2, 0) is 11.3 Å². The van der Waals surface area contributed by atoms with Crippen molar-refractivity contribution < 1.29 is 18.7 Å². The van der Waals surface area contributed by atoms with E-state index in [9.17, 15) is 9.18 Å². The average Bonchev–Trinajstić information content (AvgIpc) is 3.09. The van der Waals surface area contributed by atoms with Gasteiger partial charge in [-0.05, 0) is 45.4 Å². The van der Waals surface area contributed by atoms with Gasteiger partial charge in [0.15, 0.2) is 11.6 Å². The number of nitrogens with two attached hydrogens (primary N) is 1. The van der Waals surface area contributed by atoms with Crippen LogP contribution in [0.3, 0.4) is 0 Å². The third-order valence-corrected chi connectivity index (χ3v) is 4.46. The normalized spacial score (nSPS) is 11.5. The molecule has 0 saturated carbocycles. The van der Waals surface area contributed by atoms with Gasteiger partial charge in [0.05, 0.1) is 6.54 Å². The van der Waals surface area contributed by atoms with Crippen molar-refractivity contribution in [1.29, 1.82) is 0 Å². The van der Waals surface area contributed by atoms with Crippen LogP contribution in [-0.4, -0.2) is 37.7 Å². The van der Waals surface area contributed by atoms with E-state index in [1.165, 1.54) is 18.5 Å². The Morgan fingerprint density at radius 1 is 1.29 bits per heavy atom. The van der Waals surface area contributed by atoms with Gasteiger partial charge in [0, 0.05) is 30.1 Å². The van der Waals surface area contributed by atoms with E-state index < -0.39 is 17.5 Å². The van der Waals surface area contributed by atoms with Gasteiger partial charge in [-0.2, -0.15) is 10.1 Å². The zero-order valence-electron chi connectivity index (χ0n) is 18.3. The van der Waals surface area contributed by atoms with Gasteiger partial charge < -0.3 is 20.1 Å². The maximum absolute atomic E-state index is 14.3. The van der Waals surface area contributed by atoms with Gasteiger partial charge in [0.25, 0.3) is 0 Å². The monoisotopic (exact) mass is 429 g/mol. The predicted octanol–water partition coefficient (Wildman–Crippen LogP) is 4.78. The number of carbonyl (C=O) groups excluding carboxylic acids is 1. The largest absolute Gasteiger partial charge is 0.444 e. The van der Waals surface area contributed by atoms with Crippen molar-refractivity contribution in [2.24, 2.45) is 0 Å². The lowest BCUT2D eigenvalue weighted by Crippen LogP contribution is -2.37. The molecule has 0 fully saturated rings. The number of anilines is 1. The Bertz CT molecular complexity index is 1060. The Morgan fingerprint density at radius 3 is 2.74 bits per heavy atom. The highest BCUT2D eigenvalue weighted by Gasteiger charge is 2.24. The van der Waals surface area contributed by atoms with Crippen LogP contribution in [0, 0.1) is 5.82 Å². The van der Waals surface area contributed by atoms with Gasteiger partial charge in [-0.3, -0.25) is 0 Å². The topological polar surface area (TPSA) is 95.0 Å². The zero-order valence-corrected chi connectivity index (χ0v) is 18.3. The molecule has 0 aliphatic carbocycles. The molecular weight excluding hydrogens is 401 g/mol. The van der Waals surface area contributed by atoms with E-state index >= 15 is 0 Å². The Kier molecular flexibility index (Phi) is 6.62. The standard InChI is InChI=1S/C22H28FN5O3/c1-5-6-10-27(21(29)31-22(2,3)4)13-15-9-11-28-19(15)20(25-14-26-28)30-18-8-7-16(24)12-17(18)23/h7-9,11-12,14H,5-6,10,13,24H2,1-4H3. The number of nitrogen functional groups attached to an aromatic ring is 1. The highest BCUT2D eigenvalue weighted by molar-refractivity contribution is 5.70. The quantitative estimate of drug-likeness (QED) is 0.543. The molecule has 2 N–H and O–H groups in total. The molecule has 0 saturated heterocycles. The molecule has 3 aromatic rings. The third kappa shape index (κ3) is 5.62. The first kappa shape index (κ1) is 22.3. The van der Waals surface area contributed by atoms with Gasteiger partial charge in [0.2, 0.25) is 5.88 Å². The number of ether oxygens (including phenoxy) is 2. The Morgan fingerprint density at radius 2 is 2.06 bits per heavy atom. The number of fused-ring (bicyclic) bond motifs is 1. The fourth-order valence-electron chi connectivity index (χ4n) is 3.01. The minimum atomic E-state index is -0.603. The Labute approximate surface area is 180 Å². The lowest BCUT2D eigenvalue weighted by Gasteiger charge is -2.27. The van der Waals surface area contributed by atoms with Crippen molar-refractivity contribution >= 4 is 17.3 Å². The van der Waals surface area contributed by atoms with Crippen LogP contribution in [0.4, 0.5) is 14.9 Å². The molecule has 9 heteroatoms. The molecule has 3 rings (SSSR count). The maximum atomic E-state index is 14.3. The number of halogens is 1. The average molecular weight is 429 g/mol. The number of unbranched alkanes of at least 4 members (excludes halogenated alkanes) is 1. The Balaban J connectivity index is 1.93. The highest BCUT2D eigenvalue weighted by Crippen LogP contribution is 2.30. The molecule has 0 unspecified atom stereocenters. The van der Waals surface area contributed by atoms with Gasteiger partial charge in [-0.25, -0.2) is 13.7 Å². The van der Waals surface area contributed by atoms with Crippen LogP contribution >= 0.6 is 0 Å². The SMILES string of the molecule is CCCCN(Cc1ccn2ncnc(Oc3ccc(N)cc3F)c12)C(=O)OC(C)(C)C. The van der Waals surface area contributed by atoms with Crippen molar-refractivity contribution in [2.45, 2.75) is 52.7 Å². The van der Waals surface area contributed by atoms with Crippen molar-refractivity contribution in [3.05, 3.63) is 48.2 Å². The maximum Gasteiger partial charge on any atom is 0.410 e. The second-order valence-electron chi connectivity index (χ2n) is 8.25. The molecule has 0 radical (unpaired) electrons. The second kappa shape index (κ2) is 9.20. The third-order valence-electron chi connectivity index (χ3n) is 4.46. The van der Waals surface area contributed by atoms with E-state index in [4.69, 9.17) is 15.2 Å². The molecule has 0 aliphatic heterocycles. The van der Waals surface area contributed by atoms with Gasteiger partial charge in [-0.15, -0.1) is 0 Å². The summed E-state index contributed by atoms with van der Waals surface area (Å²) in [6, 6.07) is 6.01. The second-order valence-corrected chi connectivity index (χ2v) is 8.25. The summed E-state index contributed by atoms with van der Waals surface area (Å²) < 4.78 is 27.1. The first-order valence-corrected chi connectivity index (χ1v) is 10.2. The lowest BCUT2D eigenvalue weighted by atomic mass is 10.2. The first-order chi connectivity index (χ1) is 14.7. The predicted molar refractivity (Wildman–Crippen MR) is 115 cm³/mol.